The summed E-state index contributed by atoms with van der Waals surface area (Å²) in [5.74, 6) is 1.75. The van der Waals surface area contributed by atoms with Gasteiger partial charge in [0.25, 0.3) is 0 Å². The Labute approximate surface area is 155 Å². The van der Waals surface area contributed by atoms with E-state index in [9.17, 15) is 5.11 Å². The molecule has 8 heteroatoms. The summed E-state index contributed by atoms with van der Waals surface area (Å²) in [7, 11) is 1.49. The molecule has 7 nitrogen and oxygen atoms in total. The van der Waals surface area contributed by atoms with Gasteiger partial charge in [-0.2, -0.15) is 14.9 Å². The van der Waals surface area contributed by atoms with Crippen molar-refractivity contribution in [3.63, 3.8) is 0 Å². The summed E-state index contributed by atoms with van der Waals surface area (Å²) in [6, 6.07) is 12.5. The van der Waals surface area contributed by atoms with Gasteiger partial charge in [0.15, 0.2) is 17.3 Å². The van der Waals surface area contributed by atoms with Crippen LogP contribution in [0.3, 0.4) is 0 Å². The predicted octanol–water partition coefficient (Wildman–Crippen LogP) is 3.60. The Balaban J connectivity index is 1.96. The van der Waals surface area contributed by atoms with E-state index in [4.69, 9.17) is 21.7 Å². The number of phenolic OH excluding ortho intramolecular Hbond substituents is 1. The summed E-state index contributed by atoms with van der Waals surface area (Å²) in [5.41, 5.74) is 1.57. The number of phenols is 1. The molecular weight excluding hydrogens is 352 g/mol. The van der Waals surface area contributed by atoms with Gasteiger partial charge in [-0.05, 0) is 55.0 Å². The van der Waals surface area contributed by atoms with Crippen LogP contribution in [0.4, 0.5) is 0 Å². The fraction of sp³-hybridized carbons (Fsp3) is 0.167. The number of methoxy groups -OCH3 is 1. The molecule has 0 fully saturated rings. The van der Waals surface area contributed by atoms with Crippen molar-refractivity contribution in [1.29, 1.82) is 0 Å². The zero-order valence-electron chi connectivity index (χ0n) is 14.3. The topological polar surface area (TPSA) is 84.7 Å². The lowest BCUT2D eigenvalue weighted by Gasteiger charge is -2.06. The third-order valence-electron chi connectivity index (χ3n) is 3.58. The molecule has 134 valence electrons. The molecule has 0 atom stereocenters. The zero-order chi connectivity index (χ0) is 18.5. The molecule has 1 heterocycles. The van der Waals surface area contributed by atoms with Gasteiger partial charge >= 0.3 is 0 Å². The van der Waals surface area contributed by atoms with Gasteiger partial charge in [0.05, 0.1) is 19.9 Å². The van der Waals surface area contributed by atoms with E-state index in [0.29, 0.717) is 23.0 Å². The lowest BCUT2D eigenvalue weighted by molar-refractivity contribution is 0.340. The van der Waals surface area contributed by atoms with Crippen molar-refractivity contribution >= 4 is 18.4 Å². The van der Waals surface area contributed by atoms with Crippen molar-refractivity contribution < 1.29 is 14.6 Å². The lowest BCUT2D eigenvalue weighted by atomic mass is 10.2. The van der Waals surface area contributed by atoms with E-state index in [2.05, 4.69) is 15.3 Å². The van der Waals surface area contributed by atoms with E-state index >= 15 is 0 Å². The van der Waals surface area contributed by atoms with Crippen LogP contribution in [0.2, 0.25) is 0 Å². The number of aromatic nitrogens is 3. The molecule has 0 saturated heterocycles. The van der Waals surface area contributed by atoms with Crippen molar-refractivity contribution in [2.45, 2.75) is 6.92 Å². The molecule has 0 unspecified atom stereocenters. The van der Waals surface area contributed by atoms with Gasteiger partial charge in [0, 0.05) is 5.56 Å². The van der Waals surface area contributed by atoms with Gasteiger partial charge in [-0.15, -0.1) is 0 Å². The third kappa shape index (κ3) is 3.75. The Morgan fingerprint density at radius 3 is 2.92 bits per heavy atom. The van der Waals surface area contributed by atoms with Crippen LogP contribution in [0.15, 0.2) is 47.6 Å². The van der Waals surface area contributed by atoms with Crippen LogP contribution in [0, 0.1) is 4.77 Å². The Kier molecular flexibility index (Phi) is 5.33. The minimum absolute atomic E-state index is 0.0676. The minimum Gasteiger partial charge on any atom is -0.504 e. The summed E-state index contributed by atoms with van der Waals surface area (Å²) >= 11 is 5.28. The summed E-state index contributed by atoms with van der Waals surface area (Å²) in [4.78, 5) is 0. The smallest absolute Gasteiger partial charge is 0.216 e. The summed E-state index contributed by atoms with van der Waals surface area (Å²) < 4.78 is 12.5. The van der Waals surface area contributed by atoms with Crippen molar-refractivity contribution in [2.75, 3.05) is 13.7 Å². The Bertz CT molecular complexity index is 994. The largest absolute Gasteiger partial charge is 0.504 e. The normalized spacial score (nSPS) is 11.0. The van der Waals surface area contributed by atoms with Crippen LogP contribution in [0.25, 0.3) is 11.4 Å². The molecule has 0 aliphatic rings. The van der Waals surface area contributed by atoms with Crippen LogP contribution in [-0.2, 0) is 0 Å². The first-order valence-corrected chi connectivity index (χ1v) is 8.35. The maximum Gasteiger partial charge on any atom is 0.216 e. The maximum atomic E-state index is 9.68. The number of nitrogens with zero attached hydrogens (tertiary/aromatic N) is 3. The second-order valence-corrected chi connectivity index (χ2v) is 5.69. The van der Waals surface area contributed by atoms with Crippen LogP contribution in [0.1, 0.15) is 12.5 Å². The summed E-state index contributed by atoms with van der Waals surface area (Å²) in [6.45, 7) is 2.51. The maximum absolute atomic E-state index is 9.68. The highest BCUT2D eigenvalue weighted by Crippen LogP contribution is 2.26. The molecule has 0 aliphatic heterocycles. The minimum atomic E-state index is 0.0676. The third-order valence-corrected chi connectivity index (χ3v) is 3.84. The molecule has 0 radical (unpaired) electrons. The number of H-pyrrole nitrogens is 1. The standard InChI is InChI=1S/C18H18N4O3S/c1-3-25-14-6-4-5-13(10-14)17-20-21-18(26)22(17)19-11-12-7-8-15(23)16(9-12)24-2/h4-11,23H,3H2,1-2H3,(H,21,26). The van der Waals surface area contributed by atoms with Gasteiger partial charge < -0.3 is 14.6 Å². The number of ether oxygens (including phenoxy) is 2. The highest BCUT2D eigenvalue weighted by molar-refractivity contribution is 7.71. The van der Waals surface area contributed by atoms with Gasteiger partial charge in [0.2, 0.25) is 4.77 Å². The summed E-state index contributed by atoms with van der Waals surface area (Å²) in [6.07, 6.45) is 1.61. The number of hydrogen-bond acceptors (Lipinski definition) is 6. The van der Waals surface area contributed by atoms with E-state index in [-0.39, 0.29) is 5.75 Å². The first kappa shape index (κ1) is 17.7. The zero-order valence-corrected chi connectivity index (χ0v) is 15.2. The number of hydrogen-bond donors (Lipinski definition) is 2. The molecule has 3 aromatic rings. The number of aromatic amines is 1. The molecule has 3 rings (SSSR count). The van der Waals surface area contributed by atoms with Crippen LogP contribution in [-0.4, -0.2) is 39.9 Å². The first-order valence-electron chi connectivity index (χ1n) is 7.94. The first-order chi connectivity index (χ1) is 12.6. The predicted molar refractivity (Wildman–Crippen MR) is 102 cm³/mol. The molecule has 0 aliphatic carbocycles. The van der Waals surface area contributed by atoms with E-state index in [1.165, 1.54) is 11.8 Å². The van der Waals surface area contributed by atoms with Gasteiger partial charge in [-0.1, -0.05) is 12.1 Å². The van der Waals surface area contributed by atoms with E-state index in [1.54, 1.807) is 24.4 Å². The van der Waals surface area contributed by atoms with E-state index < -0.39 is 0 Å². The van der Waals surface area contributed by atoms with Crippen molar-refractivity contribution in [2.24, 2.45) is 5.10 Å². The van der Waals surface area contributed by atoms with Crippen LogP contribution < -0.4 is 9.47 Å². The molecule has 2 aromatic carbocycles. The summed E-state index contributed by atoms with van der Waals surface area (Å²) in [5, 5.41) is 21.1. The van der Waals surface area contributed by atoms with E-state index in [0.717, 1.165) is 16.9 Å². The van der Waals surface area contributed by atoms with Gasteiger partial charge in [-0.25, -0.2) is 5.10 Å². The molecule has 26 heavy (non-hydrogen) atoms. The average Bonchev–Trinajstić information content (AvgIpc) is 3.02. The van der Waals surface area contributed by atoms with Crippen LogP contribution in [0.5, 0.6) is 17.2 Å². The monoisotopic (exact) mass is 370 g/mol. The van der Waals surface area contributed by atoms with Crippen molar-refractivity contribution in [3.05, 3.63) is 52.8 Å². The van der Waals surface area contributed by atoms with Crippen molar-refractivity contribution in [3.8, 4) is 28.6 Å². The molecule has 1 aromatic heterocycles. The van der Waals surface area contributed by atoms with Gasteiger partial charge in [0.1, 0.15) is 5.75 Å². The van der Waals surface area contributed by atoms with E-state index in [1.807, 2.05) is 31.2 Å². The molecule has 0 bridgehead atoms. The Hall–Kier alpha value is -3.13. The lowest BCUT2D eigenvalue weighted by Crippen LogP contribution is -1.96. The fourth-order valence-electron chi connectivity index (χ4n) is 2.38. The van der Waals surface area contributed by atoms with Crippen LogP contribution >= 0.6 is 12.2 Å². The highest BCUT2D eigenvalue weighted by atomic mass is 32.1. The average molecular weight is 370 g/mol. The fourth-order valence-corrected chi connectivity index (χ4v) is 2.56. The van der Waals surface area contributed by atoms with Gasteiger partial charge in [-0.3, -0.25) is 0 Å². The quantitative estimate of drug-likeness (QED) is 0.511. The molecule has 0 amide bonds. The molecule has 0 saturated carbocycles. The van der Waals surface area contributed by atoms with Crippen molar-refractivity contribution in [1.82, 2.24) is 14.9 Å². The second-order valence-electron chi connectivity index (χ2n) is 5.30. The Morgan fingerprint density at radius 2 is 2.15 bits per heavy atom. The second kappa shape index (κ2) is 7.83. The molecular formula is C18H18N4O3S. The number of rotatable bonds is 6. The highest BCUT2D eigenvalue weighted by Gasteiger charge is 2.09. The SMILES string of the molecule is CCOc1cccc(-c2n[nH]c(=S)n2N=Cc2ccc(O)c(OC)c2)c1. The number of nitrogens with one attached hydrogen (secondary N) is 1. The Morgan fingerprint density at radius 1 is 1.31 bits per heavy atom. The number of aromatic hydroxyl groups is 1. The number of benzene rings is 2. The molecule has 0 spiro atoms. The molecule has 2 N–H and O–H groups in total.